The lowest BCUT2D eigenvalue weighted by Gasteiger charge is -2.32. The highest BCUT2D eigenvalue weighted by molar-refractivity contribution is 5.81. The molecule has 1 saturated heterocycles. The van der Waals surface area contributed by atoms with Crippen LogP contribution in [0.2, 0.25) is 0 Å². The Morgan fingerprint density at radius 3 is 2.70 bits per heavy atom. The van der Waals surface area contributed by atoms with E-state index in [2.05, 4.69) is 23.4 Å². The number of hydrogen-bond acceptors (Lipinski definition) is 4. The van der Waals surface area contributed by atoms with Crippen molar-refractivity contribution < 1.29 is 14.3 Å². The zero-order valence-corrected chi connectivity index (χ0v) is 16.7. The van der Waals surface area contributed by atoms with Gasteiger partial charge < -0.3 is 14.8 Å². The molecule has 1 fully saturated rings. The first-order valence-corrected chi connectivity index (χ1v) is 9.49. The Hall–Kier alpha value is -2.37. The topological polar surface area (TPSA) is 50.8 Å². The zero-order valence-electron chi connectivity index (χ0n) is 16.7. The van der Waals surface area contributed by atoms with Crippen molar-refractivity contribution in [1.29, 1.82) is 0 Å². The Morgan fingerprint density at radius 1 is 1.37 bits per heavy atom. The molecule has 1 aromatic carbocycles. The van der Waals surface area contributed by atoms with Gasteiger partial charge in [-0.25, -0.2) is 0 Å². The summed E-state index contributed by atoms with van der Waals surface area (Å²) >= 11 is 0. The van der Waals surface area contributed by atoms with Gasteiger partial charge in [0.1, 0.15) is 17.6 Å². The van der Waals surface area contributed by atoms with Crippen molar-refractivity contribution in [3.63, 3.8) is 0 Å². The van der Waals surface area contributed by atoms with E-state index in [0.29, 0.717) is 32.0 Å². The molecular weight excluding hydrogens is 340 g/mol. The summed E-state index contributed by atoms with van der Waals surface area (Å²) in [5, 5.41) is 2.80. The van der Waals surface area contributed by atoms with Gasteiger partial charge in [-0.1, -0.05) is 51.3 Å². The smallest absolute Gasteiger partial charge is 0.250 e. The Labute approximate surface area is 163 Å². The Kier molecular flexibility index (Phi) is 10.8. The fourth-order valence-electron chi connectivity index (χ4n) is 2.60. The highest BCUT2D eigenvalue weighted by Crippen LogP contribution is 2.15. The van der Waals surface area contributed by atoms with E-state index < -0.39 is 6.10 Å². The quantitative estimate of drug-likeness (QED) is 0.560. The molecule has 1 aliphatic heterocycles. The molecule has 1 aromatic rings. The van der Waals surface area contributed by atoms with E-state index in [1.165, 1.54) is 0 Å². The van der Waals surface area contributed by atoms with E-state index in [1.54, 1.807) is 6.08 Å². The SMILES string of the molecule is C=C/C(=C\C(=C)Oc1ccccc1)CN1CCOC(C(=O)NCC)C1.CC. The van der Waals surface area contributed by atoms with Crippen LogP contribution in [-0.2, 0) is 9.53 Å². The fraction of sp³-hybridized carbons (Fsp3) is 0.409. The molecule has 0 radical (unpaired) electrons. The van der Waals surface area contributed by atoms with Crippen LogP contribution >= 0.6 is 0 Å². The van der Waals surface area contributed by atoms with E-state index in [-0.39, 0.29) is 5.91 Å². The van der Waals surface area contributed by atoms with Crippen molar-refractivity contribution in [2.75, 3.05) is 32.8 Å². The average Bonchev–Trinajstić information content (AvgIpc) is 2.70. The molecule has 1 N–H and O–H groups in total. The second-order valence-corrected chi connectivity index (χ2v) is 5.79. The van der Waals surface area contributed by atoms with E-state index >= 15 is 0 Å². The van der Waals surface area contributed by atoms with E-state index in [4.69, 9.17) is 9.47 Å². The molecule has 1 unspecified atom stereocenters. The molecule has 1 aliphatic rings. The Bertz CT molecular complexity index is 626. The van der Waals surface area contributed by atoms with Crippen molar-refractivity contribution in [2.45, 2.75) is 26.9 Å². The number of para-hydroxylation sites is 1. The van der Waals surface area contributed by atoms with Crippen LogP contribution in [0.15, 0.2) is 67.0 Å². The number of allylic oxidation sites excluding steroid dienone is 1. The maximum Gasteiger partial charge on any atom is 0.250 e. The molecule has 1 atom stereocenters. The van der Waals surface area contributed by atoms with Gasteiger partial charge in [-0.15, -0.1) is 0 Å². The number of rotatable bonds is 8. The Balaban J connectivity index is 0.00000176. The lowest BCUT2D eigenvalue weighted by atomic mass is 10.2. The molecule has 5 heteroatoms. The number of nitrogens with one attached hydrogen (secondary N) is 1. The highest BCUT2D eigenvalue weighted by atomic mass is 16.5. The van der Waals surface area contributed by atoms with Crippen LogP contribution < -0.4 is 10.1 Å². The molecule has 1 heterocycles. The minimum absolute atomic E-state index is 0.0619. The van der Waals surface area contributed by atoms with Crippen LogP contribution in [0.25, 0.3) is 0 Å². The van der Waals surface area contributed by atoms with Gasteiger partial charge >= 0.3 is 0 Å². The van der Waals surface area contributed by atoms with Crippen LogP contribution in [0.5, 0.6) is 5.75 Å². The summed E-state index contributed by atoms with van der Waals surface area (Å²) < 4.78 is 11.3. The first-order chi connectivity index (χ1) is 13.1. The van der Waals surface area contributed by atoms with Gasteiger partial charge in [0.05, 0.1) is 6.61 Å². The Morgan fingerprint density at radius 2 is 2.07 bits per heavy atom. The number of hydrogen-bond donors (Lipinski definition) is 1. The van der Waals surface area contributed by atoms with E-state index in [1.807, 2.05) is 57.2 Å². The number of morpholine rings is 1. The number of carbonyl (C=O) groups is 1. The molecule has 0 saturated carbocycles. The summed E-state index contributed by atoms with van der Waals surface area (Å²) in [5.74, 6) is 1.23. The lowest BCUT2D eigenvalue weighted by molar-refractivity contribution is -0.138. The molecular formula is C22H32N2O3. The molecule has 0 spiro atoms. The molecule has 2 rings (SSSR count). The third kappa shape index (κ3) is 8.24. The number of carbonyl (C=O) groups excluding carboxylic acids is 1. The van der Waals surface area contributed by atoms with Crippen molar-refractivity contribution in [3.8, 4) is 5.75 Å². The van der Waals surface area contributed by atoms with Crippen molar-refractivity contribution in [3.05, 3.63) is 67.0 Å². The monoisotopic (exact) mass is 372 g/mol. The first kappa shape index (κ1) is 22.7. The summed E-state index contributed by atoms with van der Waals surface area (Å²) in [5.41, 5.74) is 0.984. The van der Waals surface area contributed by atoms with Crippen molar-refractivity contribution >= 4 is 5.91 Å². The number of ether oxygens (including phenoxy) is 2. The summed E-state index contributed by atoms with van der Waals surface area (Å²) in [6.45, 7) is 16.8. The molecule has 148 valence electrons. The van der Waals surface area contributed by atoms with Crippen LogP contribution in [-0.4, -0.2) is 49.7 Å². The van der Waals surface area contributed by atoms with Gasteiger partial charge in [0.15, 0.2) is 0 Å². The lowest BCUT2D eigenvalue weighted by Crippen LogP contribution is -2.50. The normalized spacial score (nSPS) is 17.3. The predicted octanol–water partition coefficient (Wildman–Crippen LogP) is 3.55. The number of amides is 1. The minimum Gasteiger partial charge on any atom is -0.458 e. The van der Waals surface area contributed by atoms with Gasteiger partial charge in [0, 0.05) is 26.2 Å². The van der Waals surface area contributed by atoms with Gasteiger partial charge in [0.25, 0.3) is 0 Å². The third-order valence-electron chi connectivity index (χ3n) is 3.80. The van der Waals surface area contributed by atoms with Gasteiger partial charge in [-0.05, 0) is 30.7 Å². The second kappa shape index (κ2) is 12.9. The summed E-state index contributed by atoms with van der Waals surface area (Å²) in [4.78, 5) is 14.1. The number of nitrogens with zero attached hydrogens (tertiary/aromatic N) is 1. The van der Waals surface area contributed by atoms with Gasteiger partial charge in [-0.3, -0.25) is 9.69 Å². The summed E-state index contributed by atoms with van der Waals surface area (Å²) in [6.07, 6.45) is 3.23. The zero-order chi connectivity index (χ0) is 20.1. The summed E-state index contributed by atoms with van der Waals surface area (Å²) in [7, 11) is 0. The minimum atomic E-state index is -0.427. The van der Waals surface area contributed by atoms with Crippen LogP contribution in [0.4, 0.5) is 0 Å². The van der Waals surface area contributed by atoms with Crippen LogP contribution in [0.1, 0.15) is 20.8 Å². The maximum atomic E-state index is 11.9. The number of benzene rings is 1. The fourth-order valence-corrected chi connectivity index (χ4v) is 2.60. The van der Waals surface area contributed by atoms with Gasteiger partial charge in [0.2, 0.25) is 5.91 Å². The molecule has 0 bridgehead atoms. The standard InChI is InChI=1S/C20H26N2O3.C2H6/c1-4-17(13-16(3)25-18-9-7-6-8-10-18)14-22-11-12-24-19(15-22)20(23)21-5-2;1-2/h4,6-10,13,19H,1,3,5,11-12,14-15H2,2H3,(H,21,23);1-2H3/b17-13+;. The van der Waals surface area contributed by atoms with E-state index in [0.717, 1.165) is 17.9 Å². The maximum absolute atomic E-state index is 11.9. The third-order valence-corrected chi connectivity index (χ3v) is 3.80. The van der Waals surface area contributed by atoms with Crippen LogP contribution in [0, 0.1) is 0 Å². The van der Waals surface area contributed by atoms with E-state index in [9.17, 15) is 4.79 Å². The molecule has 0 aromatic heterocycles. The van der Waals surface area contributed by atoms with Gasteiger partial charge in [-0.2, -0.15) is 0 Å². The highest BCUT2D eigenvalue weighted by Gasteiger charge is 2.26. The molecule has 27 heavy (non-hydrogen) atoms. The second-order valence-electron chi connectivity index (χ2n) is 5.79. The molecule has 0 aliphatic carbocycles. The number of likely N-dealkylation sites (N-methyl/N-ethyl adjacent to an activating group) is 1. The molecule has 5 nitrogen and oxygen atoms in total. The largest absolute Gasteiger partial charge is 0.458 e. The van der Waals surface area contributed by atoms with Crippen molar-refractivity contribution in [2.24, 2.45) is 0 Å². The first-order valence-electron chi connectivity index (χ1n) is 9.49. The molecule has 1 amide bonds. The van der Waals surface area contributed by atoms with Crippen LogP contribution in [0.3, 0.4) is 0 Å². The van der Waals surface area contributed by atoms with Crippen molar-refractivity contribution in [1.82, 2.24) is 10.2 Å². The summed E-state index contributed by atoms with van der Waals surface area (Å²) in [6, 6.07) is 9.52. The average molecular weight is 373 g/mol. The predicted molar refractivity (Wildman–Crippen MR) is 111 cm³/mol.